The van der Waals surface area contributed by atoms with Crippen molar-refractivity contribution < 1.29 is 22.3 Å². The minimum atomic E-state index is -3.93. The average Bonchev–Trinajstić information content (AvgIpc) is 3.50. The molecule has 0 aliphatic carbocycles. The van der Waals surface area contributed by atoms with Crippen molar-refractivity contribution in [2.45, 2.75) is 43.4 Å². The summed E-state index contributed by atoms with van der Waals surface area (Å²) in [7, 11) is -3.93. The van der Waals surface area contributed by atoms with E-state index in [0.29, 0.717) is 41.5 Å². The molecule has 4 aromatic rings. The van der Waals surface area contributed by atoms with E-state index in [-0.39, 0.29) is 16.8 Å². The zero-order valence-corrected chi connectivity index (χ0v) is 22.3. The molecule has 3 aliphatic heterocycles. The Morgan fingerprint density at radius 2 is 1.90 bits per heavy atom. The number of ether oxygens (including phenoxy) is 2. The molecule has 0 N–H and O–H groups in total. The number of imidazole rings is 1. The molecule has 2 aromatic heterocycles. The van der Waals surface area contributed by atoms with Crippen LogP contribution in [0.2, 0.25) is 0 Å². The van der Waals surface area contributed by atoms with E-state index in [1.807, 2.05) is 23.6 Å². The predicted molar refractivity (Wildman–Crippen MR) is 141 cm³/mol. The first-order valence-electron chi connectivity index (χ1n) is 13.1. The lowest BCUT2D eigenvalue weighted by Crippen LogP contribution is -2.35. The van der Waals surface area contributed by atoms with Gasteiger partial charge in [-0.2, -0.15) is 5.10 Å². The Hall–Kier alpha value is -3.38. The summed E-state index contributed by atoms with van der Waals surface area (Å²) in [6.07, 6.45) is 1.73. The second-order valence-electron chi connectivity index (χ2n) is 10.3. The van der Waals surface area contributed by atoms with Crippen LogP contribution < -0.4 is 0 Å². The number of morpholine rings is 1. The molecule has 7 rings (SSSR count). The molecule has 202 valence electrons. The second kappa shape index (κ2) is 9.37. The molecule has 9 nitrogen and oxygen atoms in total. The summed E-state index contributed by atoms with van der Waals surface area (Å²) >= 11 is 0. The summed E-state index contributed by atoms with van der Waals surface area (Å²) < 4.78 is 56.7. The van der Waals surface area contributed by atoms with Crippen LogP contribution in [0.15, 0.2) is 53.6 Å². The molecule has 1 fully saturated rings. The van der Waals surface area contributed by atoms with Crippen LogP contribution in [0.5, 0.6) is 0 Å². The van der Waals surface area contributed by atoms with E-state index in [1.165, 1.54) is 12.1 Å². The second-order valence-corrected chi connectivity index (χ2v) is 12.2. The Balaban J connectivity index is 1.38. The summed E-state index contributed by atoms with van der Waals surface area (Å²) in [6.45, 7) is 7.08. The van der Waals surface area contributed by atoms with Crippen LogP contribution in [0.25, 0.3) is 28.5 Å². The number of rotatable bonds is 4. The third-order valence-electron chi connectivity index (χ3n) is 7.65. The molecular weight excluding hydrogens is 521 g/mol. The predicted octanol–water partition coefficient (Wildman–Crippen LogP) is 3.58. The first kappa shape index (κ1) is 24.6. The van der Waals surface area contributed by atoms with Crippen molar-refractivity contribution in [2.24, 2.45) is 0 Å². The molecule has 0 saturated carbocycles. The fraction of sp³-hybridized carbons (Fsp3) is 0.357. The Labute approximate surface area is 225 Å². The first-order valence-corrected chi connectivity index (χ1v) is 14.7. The maximum atomic E-state index is 15.0. The maximum absolute atomic E-state index is 15.0. The molecule has 11 heteroatoms. The van der Waals surface area contributed by atoms with Crippen molar-refractivity contribution in [3.8, 4) is 28.5 Å². The molecule has 2 aromatic carbocycles. The van der Waals surface area contributed by atoms with Gasteiger partial charge in [-0.25, -0.2) is 22.5 Å². The topological polar surface area (TPSA) is 91.5 Å². The highest BCUT2D eigenvalue weighted by molar-refractivity contribution is 7.91. The highest BCUT2D eigenvalue weighted by Gasteiger charge is 2.38. The molecule has 0 radical (unpaired) electrons. The molecule has 1 atom stereocenters. The van der Waals surface area contributed by atoms with Gasteiger partial charge in [-0.05, 0) is 30.7 Å². The molecule has 39 heavy (non-hydrogen) atoms. The van der Waals surface area contributed by atoms with Gasteiger partial charge < -0.3 is 14.0 Å². The molecule has 0 spiro atoms. The van der Waals surface area contributed by atoms with Crippen molar-refractivity contribution in [1.82, 2.24) is 24.2 Å². The quantitative estimate of drug-likeness (QED) is 0.384. The third-order valence-corrected chi connectivity index (χ3v) is 9.35. The lowest BCUT2D eigenvalue weighted by molar-refractivity contribution is 0.0172. The number of halogens is 1. The average molecular weight is 550 g/mol. The van der Waals surface area contributed by atoms with Crippen LogP contribution in [0, 0.1) is 5.82 Å². The largest absolute Gasteiger partial charge is 0.379 e. The molecule has 1 unspecified atom stereocenters. The molecule has 0 amide bonds. The van der Waals surface area contributed by atoms with Gasteiger partial charge in [0.2, 0.25) is 0 Å². The smallest absolute Gasteiger partial charge is 0.186 e. The number of fused-ring (bicyclic) bond motifs is 4. The highest BCUT2D eigenvalue weighted by atomic mass is 32.2. The highest BCUT2D eigenvalue weighted by Crippen LogP contribution is 2.44. The van der Waals surface area contributed by atoms with Gasteiger partial charge in [0.25, 0.3) is 0 Å². The minimum absolute atomic E-state index is 0.0130. The van der Waals surface area contributed by atoms with Gasteiger partial charge >= 0.3 is 0 Å². The van der Waals surface area contributed by atoms with E-state index in [9.17, 15) is 12.8 Å². The Morgan fingerprint density at radius 1 is 1.10 bits per heavy atom. The van der Waals surface area contributed by atoms with Gasteiger partial charge in [0.05, 0.1) is 61.5 Å². The lowest BCUT2D eigenvalue weighted by atomic mass is 10.0. The van der Waals surface area contributed by atoms with E-state index in [0.717, 1.165) is 49.8 Å². The Kier molecular flexibility index (Phi) is 5.92. The van der Waals surface area contributed by atoms with E-state index >= 15 is 0 Å². The summed E-state index contributed by atoms with van der Waals surface area (Å²) in [6, 6.07) is 12.5. The van der Waals surface area contributed by atoms with Crippen LogP contribution in [0.3, 0.4) is 0 Å². The summed E-state index contributed by atoms with van der Waals surface area (Å²) in [4.78, 5) is 6.71. The van der Waals surface area contributed by atoms with Gasteiger partial charge in [-0.3, -0.25) is 4.90 Å². The maximum Gasteiger partial charge on any atom is 0.186 e. The van der Waals surface area contributed by atoms with E-state index in [1.54, 1.807) is 16.9 Å². The van der Waals surface area contributed by atoms with Crippen molar-refractivity contribution >= 4 is 9.84 Å². The molecular formula is C28H28FN5O4S. The van der Waals surface area contributed by atoms with Crippen LogP contribution in [-0.4, -0.2) is 65.1 Å². The minimum Gasteiger partial charge on any atom is -0.379 e. The van der Waals surface area contributed by atoms with Crippen LogP contribution >= 0.6 is 0 Å². The normalized spacial score (nSPS) is 20.3. The fourth-order valence-electron chi connectivity index (χ4n) is 5.72. The zero-order chi connectivity index (χ0) is 26.7. The summed E-state index contributed by atoms with van der Waals surface area (Å²) in [5, 5.41) is 4.96. The van der Waals surface area contributed by atoms with Gasteiger partial charge in [0, 0.05) is 30.8 Å². The number of nitrogens with zero attached hydrogens (tertiary/aromatic N) is 5. The van der Waals surface area contributed by atoms with Crippen LogP contribution in [-0.2, 0) is 44.8 Å². The van der Waals surface area contributed by atoms with Gasteiger partial charge in [-0.15, -0.1) is 0 Å². The van der Waals surface area contributed by atoms with E-state index in [4.69, 9.17) is 14.6 Å². The van der Waals surface area contributed by atoms with Crippen LogP contribution in [0.4, 0.5) is 4.39 Å². The molecule has 0 bridgehead atoms. The molecule has 3 aliphatic rings. The first-order chi connectivity index (χ1) is 18.9. The van der Waals surface area contributed by atoms with Crippen molar-refractivity contribution in [3.63, 3.8) is 0 Å². The van der Waals surface area contributed by atoms with Crippen molar-refractivity contribution in [2.75, 3.05) is 26.3 Å². The van der Waals surface area contributed by atoms with Crippen LogP contribution in [0.1, 0.15) is 23.7 Å². The summed E-state index contributed by atoms with van der Waals surface area (Å²) in [5.74, 6) is -0.513. The lowest BCUT2D eigenvalue weighted by Gasteiger charge is -2.26. The van der Waals surface area contributed by atoms with Gasteiger partial charge in [-0.1, -0.05) is 24.3 Å². The number of benzene rings is 2. The zero-order valence-electron chi connectivity index (χ0n) is 21.5. The third kappa shape index (κ3) is 4.20. The number of aromatic nitrogens is 4. The van der Waals surface area contributed by atoms with E-state index in [2.05, 4.69) is 22.0 Å². The van der Waals surface area contributed by atoms with Crippen molar-refractivity contribution in [1.29, 1.82) is 0 Å². The van der Waals surface area contributed by atoms with E-state index < -0.39 is 15.7 Å². The standard InChI is InChI=1S/C28H28FN5O4S/c1-18-14-33-21(16-38-18)13-30-28(33)25-23-17-39(35,36)27-22(3-2-4-24(27)29)26(23)34(31-25)20-7-5-19(6-8-20)15-32-9-11-37-12-10-32/h2-8,13,18H,9-12,14-17H2,1H3. The molecule has 1 saturated heterocycles. The monoisotopic (exact) mass is 549 g/mol. The van der Waals surface area contributed by atoms with Crippen molar-refractivity contribution in [3.05, 3.63) is 71.3 Å². The Bertz CT molecular complexity index is 1670. The SMILES string of the molecule is CC1Cn2c(cnc2-c2nn(-c3ccc(CN4CCOCC4)cc3)c3c2CS(=O)(=O)c2c(F)cccc2-3)CO1. The Morgan fingerprint density at radius 3 is 2.69 bits per heavy atom. The summed E-state index contributed by atoms with van der Waals surface area (Å²) in [5.41, 5.74) is 4.73. The number of hydrogen-bond donors (Lipinski definition) is 0. The number of hydrogen-bond acceptors (Lipinski definition) is 7. The van der Waals surface area contributed by atoms with Gasteiger partial charge in [0.15, 0.2) is 15.7 Å². The van der Waals surface area contributed by atoms with Gasteiger partial charge in [0.1, 0.15) is 16.4 Å². The fourth-order valence-corrected chi connectivity index (χ4v) is 7.38. The molecule has 5 heterocycles. The number of sulfone groups is 1.